The highest BCUT2D eigenvalue weighted by Gasteiger charge is 2.26. The number of nitriles is 1. The van der Waals surface area contributed by atoms with Crippen molar-refractivity contribution >= 4 is 0 Å². The topological polar surface area (TPSA) is 23.8 Å². The van der Waals surface area contributed by atoms with Gasteiger partial charge >= 0.3 is 0 Å². The lowest BCUT2D eigenvalue weighted by molar-refractivity contribution is 0.841. The maximum Gasteiger partial charge on any atom is 0.0991 e. The van der Waals surface area contributed by atoms with Crippen LogP contribution < -0.4 is 0 Å². The Hall–Kier alpha value is -1.29. The molecule has 0 radical (unpaired) electrons. The number of nitrogens with zero attached hydrogens (tertiary/aromatic N) is 1. The number of benzene rings is 1. The summed E-state index contributed by atoms with van der Waals surface area (Å²) in [5, 5.41) is 8.84. The van der Waals surface area contributed by atoms with Gasteiger partial charge in [0.25, 0.3) is 0 Å². The maximum atomic E-state index is 8.84. The van der Waals surface area contributed by atoms with E-state index in [1.54, 1.807) is 0 Å². The smallest absolute Gasteiger partial charge is 0.0991 e. The van der Waals surface area contributed by atoms with Gasteiger partial charge in [-0.15, -0.1) is 0 Å². The highest BCUT2D eigenvalue weighted by atomic mass is 14.3. The molecule has 0 bridgehead atoms. The molecule has 1 saturated carbocycles. The van der Waals surface area contributed by atoms with Gasteiger partial charge in [0.15, 0.2) is 0 Å². The van der Waals surface area contributed by atoms with Crippen LogP contribution in [0.2, 0.25) is 0 Å². The van der Waals surface area contributed by atoms with Crippen molar-refractivity contribution in [3.63, 3.8) is 0 Å². The third-order valence-corrected chi connectivity index (χ3v) is 2.86. The van der Waals surface area contributed by atoms with Crippen molar-refractivity contribution in [1.29, 1.82) is 5.26 Å². The molecule has 1 heteroatoms. The van der Waals surface area contributed by atoms with Gasteiger partial charge in [0.05, 0.1) is 11.6 Å². The molecule has 0 atom stereocenters. The third kappa shape index (κ3) is 1.65. The van der Waals surface area contributed by atoms with Gasteiger partial charge < -0.3 is 0 Å². The lowest BCUT2D eigenvalue weighted by Crippen LogP contribution is -1.95. The molecular weight excluding hydrogens is 170 g/mol. The Bertz CT molecular complexity index is 381. The minimum Gasteiger partial charge on any atom is -0.192 e. The monoisotopic (exact) mass is 185 g/mol. The summed E-state index contributed by atoms with van der Waals surface area (Å²) < 4.78 is 0. The van der Waals surface area contributed by atoms with Gasteiger partial charge in [-0.3, -0.25) is 0 Å². The van der Waals surface area contributed by atoms with Crippen LogP contribution in [-0.2, 0) is 0 Å². The zero-order valence-electron chi connectivity index (χ0n) is 8.75. The average molecular weight is 185 g/mol. The first kappa shape index (κ1) is 9.27. The van der Waals surface area contributed by atoms with Crippen molar-refractivity contribution in [3.05, 3.63) is 34.9 Å². The summed E-state index contributed by atoms with van der Waals surface area (Å²) in [6.07, 6.45) is 2.65. The zero-order chi connectivity index (χ0) is 10.1. The summed E-state index contributed by atoms with van der Waals surface area (Å²) in [6.45, 7) is 4.39. The minimum atomic E-state index is 0.527. The second kappa shape index (κ2) is 3.46. The number of hydrogen-bond acceptors (Lipinski definition) is 1. The summed E-state index contributed by atoms with van der Waals surface area (Å²) in [4.78, 5) is 0. The van der Waals surface area contributed by atoms with Gasteiger partial charge in [-0.25, -0.2) is 0 Å². The Morgan fingerprint density at radius 1 is 1.36 bits per heavy atom. The van der Waals surface area contributed by atoms with E-state index in [4.69, 9.17) is 5.26 Å². The van der Waals surface area contributed by atoms with Crippen LogP contribution in [0.5, 0.6) is 0 Å². The second-order valence-electron chi connectivity index (χ2n) is 4.38. The Morgan fingerprint density at radius 3 is 2.57 bits per heavy atom. The third-order valence-electron chi connectivity index (χ3n) is 2.86. The maximum absolute atomic E-state index is 8.84. The highest BCUT2D eigenvalue weighted by molar-refractivity contribution is 5.42. The van der Waals surface area contributed by atoms with Gasteiger partial charge in [0.2, 0.25) is 0 Å². The first-order valence-electron chi connectivity index (χ1n) is 5.26. The van der Waals surface area contributed by atoms with Gasteiger partial charge in [0.1, 0.15) is 0 Å². The van der Waals surface area contributed by atoms with Crippen LogP contribution in [0, 0.1) is 11.3 Å². The normalized spacial score (nSPS) is 15.6. The van der Waals surface area contributed by atoms with Crippen LogP contribution >= 0.6 is 0 Å². The Morgan fingerprint density at radius 2 is 2.07 bits per heavy atom. The molecule has 0 aliphatic heterocycles. The van der Waals surface area contributed by atoms with E-state index in [9.17, 15) is 0 Å². The molecule has 0 spiro atoms. The molecule has 0 amide bonds. The van der Waals surface area contributed by atoms with Gasteiger partial charge in [-0.05, 0) is 47.9 Å². The summed E-state index contributed by atoms with van der Waals surface area (Å²) in [6, 6.07) is 8.35. The van der Waals surface area contributed by atoms with E-state index in [0.717, 1.165) is 11.5 Å². The fraction of sp³-hybridized carbons (Fsp3) is 0.462. The van der Waals surface area contributed by atoms with Crippen LogP contribution in [0.1, 0.15) is 55.2 Å². The van der Waals surface area contributed by atoms with Crippen LogP contribution in [0.3, 0.4) is 0 Å². The lowest BCUT2D eigenvalue weighted by atomic mass is 9.93. The largest absolute Gasteiger partial charge is 0.192 e. The van der Waals surface area contributed by atoms with E-state index < -0.39 is 0 Å². The zero-order valence-corrected chi connectivity index (χ0v) is 8.75. The molecular formula is C13H15N. The Balaban J connectivity index is 2.44. The van der Waals surface area contributed by atoms with E-state index in [-0.39, 0.29) is 0 Å². The molecule has 0 saturated heterocycles. The molecule has 1 aliphatic carbocycles. The second-order valence-corrected chi connectivity index (χ2v) is 4.38. The molecule has 0 heterocycles. The van der Waals surface area contributed by atoms with Crippen LogP contribution in [0.4, 0.5) is 0 Å². The van der Waals surface area contributed by atoms with Crippen LogP contribution in [-0.4, -0.2) is 0 Å². The average Bonchev–Trinajstić information content (AvgIpc) is 3.00. The molecule has 1 fully saturated rings. The van der Waals surface area contributed by atoms with Crippen LogP contribution in [0.25, 0.3) is 0 Å². The molecule has 0 aromatic heterocycles. The number of rotatable bonds is 2. The predicted molar refractivity (Wildman–Crippen MR) is 57.2 cm³/mol. The first-order valence-corrected chi connectivity index (χ1v) is 5.26. The fourth-order valence-electron chi connectivity index (χ4n) is 1.91. The van der Waals surface area contributed by atoms with E-state index in [2.05, 4.69) is 32.0 Å². The lowest BCUT2D eigenvalue weighted by Gasteiger charge is -2.12. The van der Waals surface area contributed by atoms with Crippen LogP contribution in [0.15, 0.2) is 18.2 Å². The Labute approximate surface area is 85.4 Å². The van der Waals surface area contributed by atoms with E-state index >= 15 is 0 Å². The van der Waals surface area contributed by atoms with Crippen molar-refractivity contribution in [3.8, 4) is 6.07 Å². The molecule has 72 valence electrons. The summed E-state index contributed by atoms with van der Waals surface area (Å²) >= 11 is 0. The quantitative estimate of drug-likeness (QED) is 0.691. The molecule has 1 aromatic carbocycles. The van der Waals surface area contributed by atoms with E-state index in [1.807, 2.05) is 6.07 Å². The highest BCUT2D eigenvalue weighted by Crippen LogP contribution is 2.43. The first-order chi connectivity index (χ1) is 6.72. The SMILES string of the molecule is CC(C)c1cc(C#N)ccc1C1CC1. The molecule has 1 nitrogen and oxygen atoms in total. The molecule has 0 unspecified atom stereocenters. The molecule has 2 rings (SSSR count). The fourth-order valence-corrected chi connectivity index (χ4v) is 1.91. The summed E-state index contributed by atoms with van der Waals surface area (Å²) in [5.41, 5.74) is 3.63. The van der Waals surface area contributed by atoms with Gasteiger partial charge in [-0.1, -0.05) is 19.9 Å². The van der Waals surface area contributed by atoms with Gasteiger partial charge in [-0.2, -0.15) is 5.26 Å². The standard InChI is InChI=1S/C13H15N/c1-9(2)13-7-10(8-14)3-6-12(13)11-4-5-11/h3,6-7,9,11H,4-5H2,1-2H3. The molecule has 14 heavy (non-hydrogen) atoms. The van der Waals surface area contributed by atoms with E-state index in [1.165, 1.54) is 24.0 Å². The minimum absolute atomic E-state index is 0.527. The van der Waals surface area contributed by atoms with Crippen molar-refractivity contribution in [2.24, 2.45) is 0 Å². The number of hydrogen-bond donors (Lipinski definition) is 0. The summed E-state index contributed by atoms with van der Waals surface area (Å²) in [7, 11) is 0. The van der Waals surface area contributed by atoms with E-state index in [0.29, 0.717) is 5.92 Å². The Kier molecular flexibility index (Phi) is 2.29. The molecule has 1 aliphatic rings. The van der Waals surface area contributed by atoms with Crippen molar-refractivity contribution < 1.29 is 0 Å². The van der Waals surface area contributed by atoms with Gasteiger partial charge in [0, 0.05) is 0 Å². The van der Waals surface area contributed by atoms with Crippen molar-refractivity contribution in [2.45, 2.75) is 38.5 Å². The molecule has 0 N–H and O–H groups in total. The summed E-state index contributed by atoms with van der Waals surface area (Å²) in [5.74, 6) is 1.30. The molecule has 1 aromatic rings. The van der Waals surface area contributed by atoms with Crippen molar-refractivity contribution in [1.82, 2.24) is 0 Å². The predicted octanol–water partition coefficient (Wildman–Crippen LogP) is 3.56. The van der Waals surface area contributed by atoms with Crippen molar-refractivity contribution in [2.75, 3.05) is 0 Å².